The first-order chi connectivity index (χ1) is 9.74. The van der Waals surface area contributed by atoms with Gasteiger partial charge in [0.05, 0.1) is 17.9 Å². The zero-order valence-corrected chi connectivity index (χ0v) is 13.0. The highest BCUT2D eigenvalue weighted by atomic mass is 79.9. The maximum absolute atomic E-state index is 6.22. The molecule has 20 heavy (non-hydrogen) atoms. The van der Waals surface area contributed by atoms with E-state index in [0.717, 1.165) is 22.3 Å². The lowest BCUT2D eigenvalue weighted by atomic mass is 10.1. The van der Waals surface area contributed by atoms with E-state index in [4.69, 9.17) is 5.73 Å². The van der Waals surface area contributed by atoms with Gasteiger partial charge in [-0.15, -0.1) is 11.3 Å². The molecule has 0 amide bonds. The van der Waals surface area contributed by atoms with Gasteiger partial charge >= 0.3 is 0 Å². The summed E-state index contributed by atoms with van der Waals surface area (Å²) in [6.07, 6.45) is 2.49. The molecule has 102 valence electrons. The highest BCUT2D eigenvalue weighted by molar-refractivity contribution is 9.10. The van der Waals surface area contributed by atoms with Gasteiger partial charge in [-0.2, -0.15) is 15.0 Å². The molecule has 2 heterocycles. The first-order valence-corrected chi connectivity index (χ1v) is 7.86. The minimum Gasteiger partial charge on any atom is -0.322 e. The molecule has 0 bridgehead atoms. The molecular weight excluding hydrogens is 336 g/mol. The molecule has 2 aromatic heterocycles. The normalized spacial score (nSPS) is 12.5. The lowest BCUT2D eigenvalue weighted by Gasteiger charge is -2.07. The summed E-state index contributed by atoms with van der Waals surface area (Å²) in [6, 6.07) is 11.7. The van der Waals surface area contributed by atoms with Crippen LogP contribution in [0.4, 0.5) is 0 Å². The standard InChI is InChI=1S/C14H13BrN4S/c15-11-6-7-20-14(11)8-12(16)13-9-17-19(18-13)10-4-2-1-3-5-10/h1-7,9,12H,8,16H2. The van der Waals surface area contributed by atoms with Crippen molar-refractivity contribution in [2.75, 3.05) is 0 Å². The number of benzene rings is 1. The summed E-state index contributed by atoms with van der Waals surface area (Å²) in [5.41, 5.74) is 7.95. The molecule has 0 aliphatic rings. The lowest BCUT2D eigenvalue weighted by Crippen LogP contribution is -2.14. The topological polar surface area (TPSA) is 56.7 Å². The average Bonchev–Trinajstić information content (AvgIpc) is 3.10. The Morgan fingerprint density at radius 3 is 2.75 bits per heavy atom. The predicted octanol–water partition coefficient (Wildman–Crippen LogP) is 3.33. The van der Waals surface area contributed by atoms with Crippen LogP contribution in [-0.2, 0) is 6.42 Å². The van der Waals surface area contributed by atoms with Crippen molar-refractivity contribution in [1.82, 2.24) is 15.0 Å². The zero-order chi connectivity index (χ0) is 13.9. The molecule has 0 spiro atoms. The number of para-hydroxylation sites is 1. The van der Waals surface area contributed by atoms with E-state index in [9.17, 15) is 0 Å². The van der Waals surface area contributed by atoms with Crippen molar-refractivity contribution in [3.63, 3.8) is 0 Å². The van der Waals surface area contributed by atoms with Crippen LogP contribution in [0.15, 0.2) is 52.4 Å². The Morgan fingerprint density at radius 2 is 2.05 bits per heavy atom. The molecule has 6 heteroatoms. The molecule has 0 radical (unpaired) electrons. The van der Waals surface area contributed by atoms with Crippen LogP contribution in [0.3, 0.4) is 0 Å². The van der Waals surface area contributed by atoms with Crippen LogP contribution in [-0.4, -0.2) is 15.0 Å². The van der Waals surface area contributed by atoms with Gasteiger partial charge in [0.15, 0.2) is 0 Å². The molecule has 2 N–H and O–H groups in total. The van der Waals surface area contributed by atoms with E-state index in [2.05, 4.69) is 26.1 Å². The van der Waals surface area contributed by atoms with Crippen molar-refractivity contribution in [2.24, 2.45) is 5.73 Å². The summed E-state index contributed by atoms with van der Waals surface area (Å²) in [6.45, 7) is 0. The molecule has 3 rings (SSSR count). The summed E-state index contributed by atoms with van der Waals surface area (Å²) < 4.78 is 1.11. The van der Waals surface area contributed by atoms with E-state index in [1.807, 2.05) is 41.8 Å². The van der Waals surface area contributed by atoms with Gasteiger partial charge < -0.3 is 5.73 Å². The van der Waals surface area contributed by atoms with Crippen molar-refractivity contribution in [2.45, 2.75) is 12.5 Å². The molecule has 1 atom stereocenters. The third-order valence-corrected chi connectivity index (χ3v) is 4.92. The van der Waals surface area contributed by atoms with E-state index in [1.165, 1.54) is 4.88 Å². The summed E-state index contributed by atoms with van der Waals surface area (Å²) in [4.78, 5) is 2.84. The first-order valence-electron chi connectivity index (χ1n) is 6.19. The van der Waals surface area contributed by atoms with E-state index in [-0.39, 0.29) is 6.04 Å². The Labute approximate surface area is 129 Å². The number of thiophene rings is 1. The number of nitrogens with two attached hydrogens (primary N) is 1. The fourth-order valence-electron chi connectivity index (χ4n) is 1.91. The average molecular weight is 349 g/mol. The van der Waals surface area contributed by atoms with Gasteiger partial charge in [-0.25, -0.2) is 0 Å². The van der Waals surface area contributed by atoms with Gasteiger partial charge in [0.25, 0.3) is 0 Å². The van der Waals surface area contributed by atoms with Gasteiger partial charge in [-0.05, 0) is 39.5 Å². The maximum atomic E-state index is 6.22. The third-order valence-electron chi connectivity index (χ3n) is 2.97. The van der Waals surface area contributed by atoms with Gasteiger partial charge in [0.1, 0.15) is 5.69 Å². The number of hydrogen-bond donors (Lipinski definition) is 1. The van der Waals surface area contributed by atoms with Crippen LogP contribution < -0.4 is 5.73 Å². The maximum Gasteiger partial charge on any atom is 0.100 e. The van der Waals surface area contributed by atoms with Gasteiger partial charge in [0, 0.05) is 15.8 Å². The fourth-order valence-corrected chi connectivity index (χ4v) is 3.48. The van der Waals surface area contributed by atoms with Crippen molar-refractivity contribution < 1.29 is 0 Å². The van der Waals surface area contributed by atoms with Crippen molar-refractivity contribution >= 4 is 27.3 Å². The highest BCUT2D eigenvalue weighted by Crippen LogP contribution is 2.26. The Bertz CT molecular complexity index is 692. The molecule has 0 aliphatic heterocycles. The van der Waals surface area contributed by atoms with Gasteiger partial charge in [0.2, 0.25) is 0 Å². The lowest BCUT2D eigenvalue weighted by molar-refractivity contribution is 0.669. The van der Waals surface area contributed by atoms with Crippen LogP contribution in [0, 0.1) is 0 Å². The van der Waals surface area contributed by atoms with Crippen molar-refractivity contribution in [1.29, 1.82) is 0 Å². The van der Waals surface area contributed by atoms with E-state index < -0.39 is 0 Å². The second kappa shape index (κ2) is 5.87. The quantitative estimate of drug-likeness (QED) is 0.786. The summed E-state index contributed by atoms with van der Waals surface area (Å²) >= 11 is 5.22. The van der Waals surface area contributed by atoms with Crippen molar-refractivity contribution in [3.05, 3.63) is 63.0 Å². The molecule has 0 saturated carbocycles. The second-order valence-corrected chi connectivity index (χ2v) is 6.25. The molecule has 3 aromatic rings. The van der Waals surface area contributed by atoms with E-state index in [1.54, 1.807) is 22.3 Å². The number of halogens is 1. The van der Waals surface area contributed by atoms with Gasteiger partial charge in [-0.1, -0.05) is 18.2 Å². The number of nitrogens with zero attached hydrogens (tertiary/aromatic N) is 3. The minimum atomic E-state index is -0.151. The Morgan fingerprint density at radius 1 is 1.25 bits per heavy atom. The highest BCUT2D eigenvalue weighted by Gasteiger charge is 2.14. The summed E-state index contributed by atoms with van der Waals surface area (Å²) in [7, 11) is 0. The van der Waals surface area contributed by atoms with E-state index >= 15 is 0 Å². The van der Waals surface area contributed by atoms with Crippen LogP contribution in [0.25, 0.3) is 5.69 Å². The number of hydrogen-bond acceptors (Lipinski definition) is 4. The van der Waals surface area contributed by atoms with Crippen LogP contribution >= 0.6 is 27.3 Å². The number of rotatable bonds is 4. The Hall–Kier alpha value is -1.50. The summed E-state index contributed by atoms with van der Waals surface area (Å²) in [5, 5.41) is 10.8. The van der Waals surface area contributed by atoms with E-state index in [0.29, 0.717) is 0 Å². The Balaban J connectivity index is 1.78. The Kier molecular flexibility index (Phi) is 3.95. The monoisotopic (exact) mass is 348 g/mol. The largest absolute Gasteiger partial charge is 0.322 e. The fraction of sp³-hybridized carbons (Fsp3) is 0.143. The van der Waals surface area contributed by atoms with Crippen molar-refractivity contribution in [3.8, 4) is 5.69 Å². The molecule has 0 aliphatic carbocycles. The second-order valence-electron chi connectivity index (χ2n) is 4.40. The van der Waals surface area contributed by atoms with Crippen LogP contribution in [0.5, 0.6) is 0 Å². The predicted molar refractivity (Wildman–Crippen MR) is 84.0 cm³/mol. The molecule has 4 nitrogen and oxygen atoms in total. The van der Waals surface area contributed by atoms with Crippen LogP contribution in [0.1, 0.15) is 16.6 Å². The third kappa shape index (κ3) is 2.82. The molecule has 1 unspecified atom stereocenters. The summed E-state index contributed by atoms with van der Waals surface area (Å²) in [5.74, 6) is 0. The minimum absolute atomic E-state index is 0.151. The SMILES string of the molecule is NC(Cc1sccc1Br)c1cnn(-c2ccccc2)n1. The first kappa shape index (κ1) is 13.5. The number of aromatic nitrogens is 3. The molecule has 1 aromatic carbocycles. The van der Waals surface area contributed by atoms with Crippen LogP contribution in [0.2, 0.25) is 0 Å². The van der Waals surface area contributed by atoms with Gasteiger partial charge in [-0.3, -0.25) is 0 Å². The molecule has 0 fully saturated rings. The smallest absolute Gasteiger partial charge is 0.100 e. The zero-order valence-electron chi connectivity index (χ0n) is 10.6. The molecular formula is C14H13BrN4S. The molecule has 0 saturated heterocycles.